The highest BCUT2D eigenvalue weighted by molar-refractivity contribution is 7.89. The van der Waals surface area contributed by atoms with Crippen LogP contribution in [0.4, 0.5) is 0 Å². The SMILES string of the molecule is CN(C[C@H]1CC2(CCN(S(=O)(=O)c3ccccc3)CC2)CO1)C1CCC(O)CC1. The number of benzene rings is 1. The van der Waals surface area contributed by atoms with Crippen LogP contribution in [-0.4, -0.2) is 74.3 Å². The van der Waals surface area contributed by atoms with Gasteiger partial charge in [-0.05, 0) is 69.5 Å². The molecule has 2 saturated heterocycles. The van der Waals surface area contributed by atoms with E-state index in [1.807, 2.05) is 6.07 Å². The molecule has 0 bridgehead atoms. The van der Waals surface area contributed by atoms with Crippen LogP contribution >= 0.6 is 0 Å². The molecule has 162 valence electrons. The zero-order chi connectivity index (χ0) is 20.5. The molecule has 0 amide bonds. The molecular formula is C22H34N2O4S. The number of rotatable bonds is 5. The molecule has 3 fully saturated rings. The van der Waals surface area contributed by atoms with E-state index in [0.717, 1.165) is 58.1 Å². The lowest BCUT2D eigenvalue weighted by Gasteiger charge is -2.38. The predicted octanol–water partition coefficient (Wildman–Crippen LogP) is 2.48. The van der Waals surface area contributed by atoms with Gasteiger partial charge in [0.05, 0.1) is 23.7 Å². The van der Waals surface area contributed by atoms with Gasteiger partial charge in [0.1, 0.15) is 0 Å². The van der Waals surface area contributed by atoms with Crippen molar-refractivity contribution in [2.75, 3.05) is 33.3 Å². The van der Waals surface area contributed by atoms with E-state index in [2.05, 4.69) is 11.9 Å². The van der Waals surface area contributed by atoms with Crippen molar-refractivity contribution in [3.05, 3.63) is 30.3 Å². The molecule has 1 atom stereocenters. The highest BCUT2D eigenvalue weighted by atomic mass is 32.2. The first kappa shape index (κ1) is 21.2. The Morgan fingerprint density at radius 2 is 1.79 bits per heavy atom. The van der Waals surface area contributed by atoms with Gasteiger partial charge in [0.2, 0.25) is 10.0 Å². The molecule has 3 aliphatic rings. The molecule has 6 nitrogen and oxygen atoms in total. The van der Waals surface area contributed by atoms with E-state index in [0.29, 0.717) is 24.0 Å². The first-order valence-corrected chi connectivity index (χ1v) is 12.4. The Morgan fingerprint density at radius 1 is 1.14 bits per heavy atom. The Balaban J connectivity index is 1.29. The summed E-state index contributed by atoms with van der Waals surface area (Å²) in [5.74, 6) is 0. The number of hydrogen-bond donors (Lipinski definition) is 1. The number of piperidine rings is 1. The molecule has 1 aliphatic carbocycles. The molecule has 1 N–H and O–H groups in total. The Kier molecular flexibility index (Phi) is 6.33. The van der Waals surface area contributed by atoms with Crippen LogP contribution < -0.4 is 0 Å². The Labute approximate surface area is 174 Å². The number of hydrogen-bond acceptors (Lipinski definition) is 5. The van der Waals surface area contributed by atoms with Crippen molar-refractivity contribution in [3.63, 3.8) is 0 Å². The van der Waals surface area contributed by atoms with Crippen LogP contribution in [0.1, 0.15) is 44.9 Å². The Morgan fingerprint density at radius 3 is 2.45 bits per heavy atom. The van der Waals surface area contributed by atoms with E-state index in [1.165, 1.54) is 0 Å². The Bertz CT molecular complexity index is 769. The van der Waals surface area contributed by atoms with Crippen LogP contribution in [-0.2, 0) is 14.8 Å². The van der Waals surface area contributed by atoms with Gasteiger partial charge in [-0.25, -0.2) is 8.42 Å². The summed E-state index contributed by atoms with van der Waals surface area (Å²) in [7, 11) is -1.22. The molecule has 1 spiro atoms. The molecule has 4 rings (SSSR count). The van der Waals surface area contributed by atoms with Crippen molar-refractivity contribution < 1.29 is 18.3 Å². The minimum absolute atomic E-state index is 0.122. The second-order valence-electron chi connectivity index (χ2n) is 9.26. The number of ether oxygens (including phenoxy) is 1. The number of sulfonamides is 1. The zero-order valence-electron chi connectivity index (χ0n) is 17.4. The topological polar surface area (TPSA) is 70.1 Å². The summed E-state index contributed by atoms with van der Waals surface area (Å²) < 4.78 is 33.6. The summed E-state index contributed by atoms with van der Waals surface area (Å²) in [6.07, 6.45) is 6.78. The maximum absolute atomic E-state index is 12.9. The second kappa shape index (κ2) is 8.63. The first-order valence-electron chi connectivity index (χ1n) is 10.9. The fourth-order valence-corrected chi connectivity index (χ4v) is 6.74. The summed E-state index contributed by atoms with van der Waals surface area (Å²) in [5, 5.41) is 9.72. The lowest BCUT2D eigenvalue weighted by molar-refractivity contribution is 0.0372. The van der Waals surface area contributed by atoms with E-state index in [1.54, 1.807) is 28.6 Å². The first-order chi connectivity index (χ1) is 13.9. The molecule has 1 saturated carbocycles. The van der Waals surface area contributed by atoms with Crippen molar-refractivity contribution in [1.82, 2.24) is 9.21 Å². The predicted molar refractivity (Wildman–Crippen MR) is 112 cm³/mol. The fourth-order valence-electron chi connectivity index (χ4n) is 5.27. The standard InChI is InChI=1S/C22H34N2O4S/c1-23(18-7-9-19(25)10-8-18)16-20-15-22(17-28-20)11-13-24(14-12-22)29(26,27)21-5-3-2-4-6-21/h2-6,18-20,25H,7-17H2,1H3/t18?,19?,20-/m1/s1. The summed E-state index contributed by atoms with van der Waals surface area (Å²) in [5.41, 5.74) is 0.122. The average molecular weight is 423 g/mol. The molecule has 2 aliphatic heterocycles. The minimum Gasteiger partial charge on any atom is -0.393 e. The Hall–Kier alpha value is -0.990. The number of aliphatic hydroxyl groups excluding tert-OH is 1. The summed E-state index contributed by atoms with van der Waals surface area (Å²) >= 11 is 0. The van der Waals surface area contributed by atoms with Gasteiger partial charge in [0.15, 0.2) is 0 Å². The third kappa shape index (κ3) is 4.69. The van der Waals surface area contributed by atoms with E-state index in [-0.39, 0.29) is 17.6 Å². The van der Waals surface area contributed by atoms with Crippen molar-refractivity contribution in [1.29, 1.82) is 0 Å². The van der Waals surface area contributed by atoms with Gasteiger partial charge in [0, 0.05) is 25.7 Å². The number of likely N-dealkylation sites (N-methyl/N-ethyl adjacent to an activating group) is 1. The number of nitrogens with zero attached hydrogens (tertiary/aromatic N) is 2. The van der Waals surface area contributed by atoms with E-state index in [4.69, 9.17) is 4.74 Å². The summed E-state index contributed by atoms with van der Waals surface area (Å²) in [4.78, 5) is 2.79. The normalized spacial score (nSPS) is 30.8. The van der Waals surface area contributed by atoms with Crippen molar-refractivity contribution >= 4 is 10.0 Å². The molecule has 0 radical (unpaired) electrons. The quantitative estimate of drug-likeness (QED) is 0.789. The van der Waals surface area contributed by atoms with Gasteiger partial charge in [0.25, 0.3) is 0 Å². The maximum atomic E-state index is 12.9. The van der Waals surface area contributed by atoms with Crippen molar-refractivity contribution in [2.45, 2.75) is 68.1 Å². The van der Waals surface area contributed by atoms with Gasteiger partial charge in [-0.2, -0.15) is 4.31 Å². The molecule has 1 aromatic carbocycles. The average Bonchev–Trinajstić information content (AvgIpc) is 3.11. The van der Waals surface area contributed by atoms with Crippen LogP contribution in [0.2, 0.25) is 0 Å². The van der Waals surface area contributed by atoms with Gasteiger partial charge < -0.3 is 14.7 Å². The molecule has 0 aromatic heterocycles. The third-order valence-electron chi connectivity index (χ3n) is 7.23. The number of aliphatic hydroxyl groups is 1. The molecular weight excluding hydrogens is 388 g/mol. The maximum Gasteiger partial charge on any atom is 0.243 e. The van der Waals surface area contributed by atoms with E-state index < -0.39 is 10.0 Å². The van der Waals surface area contributed by atoms with Gasteiger partial charge in [-0.1, -0.05) is 18.2 Å². The fraction of sp³-hybridized carbons (Fsp3) is 0.727. The molecule has 29 heavy (non-hydrogen) atoms. The summed E-state index contributed by atoms with van der Waals surface area (Å²) in [6.45, 7) is 2.82. The molecule has 2 heterocycles. The van der Waals surface area contributed by atoms with Crippen molar-refractivity contribution in [3.8, 4) is 0 Å². The lowest BCUT2D eigenvalue weighted by Crippen LogP contribution is -2.44. The van der Waals surface area contributed by atoms with Crippen LogP contribution in [0, 0.1) is 5.41 Å². The van der Waals surface area contributed by atoms with Gasteiger partial charge in [-0.15, -0.1) is 0 Å². The highest BCUT2D eigenvalue weighted by Gasteiger charge is 2.44. The van der Waals surface area contributed by atoms with E-state index >= 15 is 0 Å². The zero-order valence-corrected chi connectivity index (χ0v) is 18.2. The molecule has 0 unspecified atom stereocenters. The second-order valence-corrected chi connectivity index (χ2v) is 11.2. The van der Waals surface area contributed by atoms with E-state index in [9.17, 15) is 13.5 Å². The minimum atomic E-state index is -3.40. The van der Waals surface area contributed by atoms with Crippen molar-refractivity contribution in [2.24, 2.45) is 5.41 Å². The van der Waals surface area contributed by atoms with Gasteiger partial charge >= 0.3 is 0 Å². The third-order valence-corrected chi connectivity index (χ3v) is 9.14. The van der Waals surface area contributed by atoms with Crippen LogP contribution in [0.5, 0.6) is 0 Å². The van der Waals surface area contributed by atoms with Crippen LogP contribution in [0.3, 0.4) is 0 Å². The lowest BCUT2D eigenvalue weighted by atomic mass is 9.77. The van der Waals surface area contributed by atoms with Gasteiger partial charge in [-0.3, -0.25) is 0 Å². The smallest absolute Gasteiger partial charge is 0.243 e. The van der Waals surface area contributed by atoms with Crippen LogP contribution in [0.25, 0.3) is 0 Å². The largest absolute Gasteiger partial charge is 0.393 e. The summed E-state index contributed by atoms with van der Waals surface area (Å²) in [6, 6.07) is 9.28. The molecule has 7 heteroatoms. The van der Waals surface area contributed by atoms with Crippen LogP contribution in [0.15, 0.2) is 35.2 Å². The highest BCUT2D eigenvalue weighted by Crippen LogP contribution is 2.43. The monoisotopic (exact) mass is 422 g/mol. The molecule has 1 aromatic rings.